The summed E-state index contributed by atoms with van der Waals surface area (Å²) in [6.45, 7) is 2.19. The van der Waals surface area contributed by atoms with E-state index in [0.717, 1.165) is 16.6 Å². The summed E-state index contributed by atoms with van der Waals surface area (Å²) < 4.78 is 0. The van der Waals surface area contributed by atoms with Gasteiger partial charge in [-0.2, -0.15) is 0 Å². The number of rotatable bonds is 3. The topological polar surface area (TPSA) is 79.1 Å². The van der Waals surface area contributed by atoms with Gasteiger partial charge < -0.3 is 15.8 Å². The fourth-order valence-corrected chi connectivity index (χ4v) is 1.93. The average Bonchev–Trinajstić information content (AvgIpc) is 2.53. The SMILES string of the molecule is Cc1[nH]c2ccc(O)cc2c1C(=O)CCN. The van der Waals surface area contributed by atoms with Crippen LogP contribution < -0.4 is 5.73 Å². The van der Waals surface area contributed by atoms with E-state index in [2.05, 4.69) is 4.98 Å². The molecule has 0 fully saturated rings. The van der Waals surface area contributed by atoms with Gasteiger partial charge in [0, 0.05) is 28.6 Å². The van der Waals surface area contributed by atoms with Gasteiger partial charge in [-0.25, -0.2) is 0 Å². The zero-order chi connectivity index (χ0) is 11.7. The van der Waals surface area contributed by atoms with Crippen molar-refractivity contribution < 1.29 is 9.90 Å². The lowest BCUT2D eigenvalue weighted by atomic mass is 10.0. The number of fused-ring (bicyclic) bond motifs is 1. The molecule has 16 heavy (non-hydrogen) atoms. The third-order valence-electron chi connectivity index (χ3n) is 2.62. The van der Waals surface area contributed by atoms with E-state index in [4.69, 9.17) is 5.73 Å². The fourth-order valence-electron chi connectivity index (χ4n) is 1.93. The molecule has 0 saturated carbocycles. The Labute approximate surface area is 93.1 Å². The minimum Gasteiger partial charge on any atom is -0.508 e. The van der Waals surface area contributed by atoms with Gasteiger partial charge in [0.2, 0.25) is 0 Å². The van der Waals surface area contributed by atoms with Gasteiger partial charge in [0.05, 0.1) is 0 Å². The number of carbonyl (C=O) groups excluding carboxylic acids is 1. The molecule has 4 N–H and O–H groups in total. The van der Waals surface area contributed by atoms with Crippen LogP contribution in [0.3, 0.4) is 0 Å². The van der Waals surface area contributed by atoms with Gasteiger partial charge in [-0.1, -0.05) is 0 Å². The first-order valence-electron chi connectivity index (χ1n) is 5.18. The molecule has 1 heterocycles. The zero-order valence-corrected chi connectivity index (χ0v) is 9.08. The van der Waals surface area contributed by atoms with Crippen LogP contribution in [0.5, 0.6) is 5.75 Å². The van der Waals surface area contributed by atoms with Crippen molar-refractivity contribution in [2.24, 2.45) is 5.73 Å². The molecule has 0 aliphatic carbocycles. The van der Waals surface area contributed by atoms with Crippen LogP contribution >= 0.6 is 0 Å². The van der Waals surface area contributed by atoms with Crippen LogP contribution in [-0.4, -0.2) is 22.4 Å². The molecule has 0 aliphatic rings. The van der Waals surface area contributed by atoms with Crippen LogP contribution in [0.4, 0.5) is 0 Å². The predicted octanol–water partition coefficient (Wildman–Crippen LogP) is 1.71. The third-order valence-corrected chi connectivity index (χ3v) is 2.62. The molecule has 0 aliphatic heterocycles. The number of hydrogen-bond acceptors (Lipinski definition) is 3. The quantitative estimate of drug-likeness (QED) is 0.686. The molecule has 0 radical (unpaired) electrons. The van der Waals surface area contributed by atoms with E-state index in [0.29, 0.717) is 18.5 Å². The summed E-state index contributed by atoms with van der Waals surface area (Å²) in [6, 6.07) is 4.95. The summed E-state index contributed by atoms with van der Waals surface area (Å²) >= 11 is 0. The highest BCUT2D eigenvalue weighted by Crippen LogP contribution is 2.26. The molecule has 0 spiro atoms. The minimum atomic E-state index is 0.0110. The number of hydrogen-bond donors (Lipinski definition) is 3. The smallest absolute Gasteiger partial charge is 0.166 e. The summed E-state index contributed by atoms with van der Waals surface area (Å²) in [7, 11) is 0. The number of carbonyl (C=O) groups is 1. The summed E-state index contributed by atoms with van der Waals surface area (Å²) in [5, 5.41) is 10.2. The Morgan fingerprint density at radius 1 is 1.50 bits per heavy atom. The first-order valence-corrected chi connectivity index (χ1v) is 5.18. The van der Waals surface area contributed by atoms with Gasteiger partial charge in [0.1, 0.15) is 5.75 Å². The second-order valence-electron chi connectivity index (χ2n) is 3.82. The number of phenols is 1. The Morgan fingerprint density at radius 3 is 2.94 bits per heavy atom. The molecule has 0 atom stereocenters. The van der Waals surface area contributed by atoms with Crippen molar-refractivity contribution >= 4 is 16.7 Å². The van der Waals surface area contributed by atoms with Crippen molar-refractivity contribution in [3.63, 3.8) is 0 Å². The Hall–Kier alpha value is -1.81. The van der Waals surface area contributed by atoms with Crippen LogP contribution in [0.15, 0.2) is 18.2 Å². The number of Topliss-reactive ketones (excluding diaryl/α,β-unsaturated/α-hetero) is 1. The number of ketones is 1. The van der Waals surface area contributed by atoms with E-state index < -0.39 is 0 Å². The van der Waals surface area contributed by atoms with E-state index >= 15 is 0 Å². The van der Waals surface area contributed by atoms with Crippen LogP contribution in [0.1, 0.15) is 22.5 Å². The normalized spacial score (nSPS) is 10.9. The van der Waals surface area contributed by atoms with E-state index in [1.165, 1.54) is 0 Å². The molecule has 0 unspecified atom stereocenters. The van der Waals surface area contributed by atoms with Gasteiger partial charge in [0.15, 0.2) is 5.78 Å². The number of H-pyrrole nitrogens is 1. The Balaban J connectivity index is 2.62. The van der Waals surface area contributed by atoms with E-state index in [9.17, 15) is 9.90 Å². The van der Waals surface area contributed by atoms with Crippen LogP contribution in [0.25, 0.3) is 10.9 Å². The van der Waals surface area contributed by atoms with Crippen molar-refractivity contribution in [3.05, 3.63) is 29.5 Å². The standard InChI is InChI=1S/C12H14N2O2/c1-7-12(11(16)4-5-13)9-6-8(15)2-3-10(9)14-7/h2-3,6,14-15H,4-5,13H2,1H3. The highest BCUT2D eigenvalue weighted by molar-refractivity contribution is 6.09. The van der Waals surface area contributed by atoms with E-state index in [1.54, 1.807) is 18.2 Å². The molecular weight excluding hydrogens is 204 g/mol. The first kappa shape index (κ1) is 10.7. The number of nitrogens with two attached hydrogens (primary N) is 1. The Bertz CT molecular complexity index is 543. The van der Waals surface area contributed by atoms with Crippen LogP contribution in [0, 0.1) is 6.92 Å². The lowest BCUT2D eigenvalue weighted by molar-refractivity contribution is 0.0986. The molecule has 4 heteroatoms. The first-order chi connectivity index (χ1) is 7.63. The Morgan fingerprint density at radius 2 is 2.25 bits per heavy atom. The number of aryl methyl sites for hydroxylation is 1. The van der Waals surface area contributed by atoms with Gasteiger partial charge in [-0.3, -0.25) is 4.79 Å². The molecule has 0 amide bonds. The zero-order valence-electron chi connectivity index (χ0n) is 9.08. The number of phenolic OH excluding ortho intramolecular Hbond substituents is 1. The average molecular weight is 218 g/mol. The lowest BCUT2D eigenvalue weighted by Gasteiger charge is -1.99. The molecule has 0 bridgehead atoms. The second-order valence-corrected chi connectivity index (χ2v) is 3.82. The molecule has 1 aromatic heterocycles. The van der Waals surface area contributed by atoms with Gasteiger partial charge >= 0.3 is 0 Å². The van der Waals surface area contributed by atoms with Crippen molar-refractivity contribution in [3.8, 4) is 5.75 Å². The fraction of sp³-hybridized carbons (Fsp3) is 0.250. The maximum absolute atomic E-state index is 11.9. The van der Waals surface area contributed by atoms with Crippen molar-refractivity contribution in [1.82, 2.24) is 4.98 Å². The van der Waals surface area contributed by atoms with Crippen LogP contribution in [-0.2, 0) is 0 Å². The summed E-state index contributed by atoms with van der Waals surface area (Å²) in [4.78, 5) is 15.0. The van der Waals surface area contributed by atoms with Crippen molar-refractivity contribution in [2.75, 3.05) is 6.54 Å². The molecule has 84 valence electrons. The highest BCUT2D eigenvalue weighted by Gasteiger charge is 2.15. The number of aromatic amines is 1. The number of nitrogens with one attached hydrogen (secondary N) is 1. The number of benzene rings is 1. The minimum absolute atomic E-state index is 0.0110. The lowest BCUT2D eigenvalue weighted by Crippen LogP contribution is -2.08. The highest BCUT2D eigenvalue weighted by atomic mass is 16.3. The van der Waals surface area contributed by atoms with E-state index in [1.807, 2.05) is 6.92 Å². The largest absolute Gasteiger partial charge is 0.508 e. The van der Waals surface area contributed by atoms with Gasteiger partial charge in [0.25, 0.3) is 0 Å². The molecule has 1 aromatic carbocycles. The molecule has 2 aromatic rings. The van der Waals surface area contributed by atoms with Crippen molar-refractivity contribution in [1.29, 1.82) is 0 Å². The summed E-state index contributed by atoms with van der Waals surface area (Å²) in [5.74, 6) is 0.171. The predicted molar refractivity (Wildman–Crippen MR) is 62.7 cm³/mol. The van der Waals surface area contributed by atoms with E-state index in [-0.39, 0.29) is 11.5 Å². The summed E-state index contributed by atoms with van der Waals surface area (Å²) in [6.07, 6.45) is 0.323. The van der Waals surface area contributed by atoms with Crippen molar-refractivity contribution in [2.45, 2.75) is 13.3 Å². The third kappa shape index (κ3) is 1.67. The maximum atomic E-state index is 11.9. The molecular formula is C12H14N2O2. The Kier molecular flexibility index (Phi) is 2.66. The number of aromatic hydroxyl groups is 1. The molecule has 2 rings (SSSR count). The summed E-state index contributed by atoms with van der Waals surface area (Å²) in [5.41, 5.74) is 7.69. The second kappa shape index (κ2) is 3.98. The van der Waals surface area contributed by atoms with Crippen LogP contribution in [0.2, 0.25) is 0 Å². The molecule has 4 nitrogen and oxygen atoms in total. The maximum Gasteiger partial charge on any atom is 0.166 e. The monoisotopic (exact) mass is 218 g/mol. The van der Waals surface area contributed by atoms with Gasteiger partial charge in [-0.15, -0.1) is 0 Å². The number of aromatic nitrogens is 1. The molecule has 0 saturated heterocycles. The van der Waals surface area contributed by atoms with Gasteiger partial charge in [-0.05, 0) is 31.7 Å².